The molecule has 37 heteroatoms. The molecule has 0 unspecified atom stereocenters. The minimum atomic E-state index is -1.58. The number of rotatable bonds is 42. The van der Waals surface area contributed by atoms with Crippen LogP contribution in [0.5, 0.6) is 0 Å². The number of aromatic nitrogens is 6. The molecule has 37 nitrogen and oxygen atoms in total. The van der Waals surface area contributed by atoms with E-state index in [-0.39, 0.29) is 161 Å². The molecule has 6 atom stereocenters. The van der Waals surface area contributed by atoms with Crippen LogP contribution in [0.3, 0.4) is 0 Å². The normalized spacial score (nSPS) is 17.3. The maximum absolute atomic E-state index is 14.7. The second-order valence-corrected chi connectivity index (χ2v) is 26.9. The van der Waals surface area contributed by atoms with Gasteiger partial charge in [-0.05, 0) is 112 Å². The zero-order valence-electron chi connectivity index (χ0n) is 59.5. The van der Waals surface area contributed by atoms with Crippen molar-refractivity contribution in [3.8, 4) is 0 Å². The molecule has 107 heavy (non-hydrogen) atoms. The third-order valence-corrected chi connectivity index (χ3v) is 18.8. The third kappa shape index (κ3) is 30.2. The van der Waals surface area contributed by atoms with Gasteiger partial charge >= 0.3 is 41.8 Å². The summed E-state index contributed by atoms with van der Waals surface area (Å²) >= 11 is 0. The van der Waals surface area contributed by atoms with E-state index in [0.29, 0.717) is 49.2 Å². The van der Waals surface area contributed by atoms with E-state index in [1.54, 1.807) is 32.0 Å². The third-order valence-electron chi connectivity index (χ3n) is 18.8. The molecular formula is C70H98N18O19. The summed E-state index contributed by atoms with van der Waals surface area (Å²) in [6.45, 7) is -0.0451. The highest BCUT2D eigenvalue weighted by molar-refractivity contribution is 5.95. The van der Waals surface area contributed by atoms with Gasteiger partial charge < -0.3 is 88.1 Å². The zero-order chi connectivity index (χ0) is 77.2. The van der Waals surface area contributed by atoms with Gasteiger partial charge in [-0.3, -0.25) is 67.5 Å². The number of carbonyl (C=O) groups excluding carboxylic acids is 7. The first-order valence-corrected chi connectivity index (χ1v) is 35.8. The second kappa shape index (κ2) is 43.5. The van der Waals surface area contributed by atoms with Crippen molar-refractivity contribution in [2.45, 2.75) is 139 Å². The van der Waals surface area contributed by atoms with E-state index in [9.17, 15) is 87.9 Å². The van der Waals surface area contributed by atoms with Gasteiger partial charge in [-0.2, -0.15) is 0 Å². The number of aryl methyl sites for hydroxylation is 3. The predicted octanol–water partition coefficient (Wildman–Crippen LogP) is -0.856. The van der Waals surface area contributed by atoms with Gasteiger partial charge in [0, 0.05) is 108 Å². The molecular weight excluding hydrogens is 1400 g/mol. The molecule has 3 aromatic heterocycles. The number of aromatic amines is 3. The van der Waals surface area contributed by atoms with E-state index in [0.717, 1.165) is 16.3 Å². The number of imidazole rings is 3. The number of H-pyrrole nitrogens is 3. The average Bonchev–Trinajstić information content (AvgIpc) is 0.990. The molecule has 582 valence electrons. The van der Waals surface area contributed by atoms with Crippen LogP contribution >= 0.6 is 0 Å². The standard InChI is InChI=1S/C70H98N18O19/c89-58(37-85-23-25-86(38-60(92)93)27-29-88(40-62(96)97)30-28-87(26-24-85)39-61(94)95)79-54(19-16-50-35-72-42-77-50)66(101)82-57(32-51-36-73-43-78-51)67(102)81-53(18-15-49-34-71-41-76-49)65(100)75-33-45-9-13-47(14-10-45)63(98)80-52(17-11-44-8-12-46-5-1-2-6-48(46)31-44)64(99)74-22-4-3-7-55(68(103)104)83-70(107)84-56(69(105)106)20-21-59(90)91/h1-2,5-6,8,12,31,34-36,41-43,45,47,52-57H,3-4,7,9-11,13-30,32-33,37-40H2,(H,71,76)(H,72,77)(H,73,78)(H,74,99)(H,75,100)(H,79,89)(H,80,98)(H,81,102)(H,82,101)(H,90,91)(H,92,93)(H,94,95)(H,96,97)(H,103,104)(H,105,106)(H2,83,84,107)/t45-,47-,52-,53-,54-,55-,56-,57-/m0/s1. The van der Waals surface area contributed by atoms with Crippen molar-refractivity contribution in [2.75, 3.05) is 91.6 Å². The van der Waals surface area contributed by atoms with Gasteiger partial charge in [-0.15, -0.1) is 0 Å². The number of hydrogen-bond acceptors (Lipinski definition) is 20. The van der Waals surface area contributed by atoms with E-state index in [4.69, 9.17) is 5.11 Å². The molecule has 2 aromatic carbocycles. The molecule has 4 heterocycles. The number of urea groups is 1. The van der Waals surface area contributed by atoms with Gasteiger partial charge in [0.15, 0.2) is 0 Å². The van der Waals surface area contributed by atoms with Gasteiger partial charge in [-0.1, -0.05) is 42.5 Å². The van der Waals surface area contributed by atoms with Gasteiger partial charge in [0.2, 0.25) is 35.4 Å². The summed E-state index contributed by atoms with van der Waals surface area (Å²) < 4.78 is 0. The van der Waals surface area contributed by atoms with Crippen LogP contribution in [0.25, 0.3) is 10.8 Å². The van der Waals surface area contributed by atoms with Gasteiger partial charge in [-0.25, -0.2) is 29.3 Å². The van der Waals surface area contributed by atoms with Crippen LogP contribution in [-0.2, 0) is 83.2 Å². The lowest BCUT2D eigenvalue weighted by Crippen LogP contribution is -2.58. The molecule has 5 aromatic rings. The first-order chi connectivity index (χ1) is 51.3. The molecule has 17 N–H and O–H groups in total. The number of nitrogens with one attached hydrogen (secondary N) is 11. The zero-order valence-corrected chi connectivity index (χ0v) is 59.5. The smallest absolute Gasteiger partial charge is 0.326 e. The van der Waals surface area contributed by atoms with Crippen LogP contribution in [0.2, 0.25) is 0 Å². The summed E-state index contributed by atoms with van der Waals surface area (Å²) in [5, 5.41) is 80.9. The Labute approximate surface area is 615 Å². The molecule has 0 radical (unpaired) electrons. The van der Waals surface area contributed by atoms with Gasteiger partial charge in [0.05, 0.1) is 56.5 Å². The van der Waals surface area contributed by atoms with Crippen molar-refractivity contribution < 1.29 is 93.0 Å². The first kappa shape index (κ1) is 83.4. The van der Waals surface area contributed by atoms with Crippen LogP contribution in [0.1, 0.15) is 99.7 Å². The topological polar surface area (TPSA) is 539 Å². The predicted molar refractivity (Wildman–Crippen MR) is 381 cm³/mol. The molecule has 7 rings (SSSR count). The number of hydrogen-bond donors (Lipinski definition) is 17. The number of fused-ring (bicyclic) bond motifs is 1. The Hall–Kier alpha value is -10.9. The number of nitrogens with zero attached hydrogens (tertiary/aromatic N) is 7. The number of amides is 8. The maximum atomic E-state index is 14.7. The van der Waals surface area contributed by atoms with Crippen molar-refractivity contribution in [3.63, 3.8) is 0 Å². The minimum absolute atomic E-state index is 0.00361. The van der Waals surface area contributed by atoms with Gasteiger partial charge in [0.1, 0.15) is 36.3 Å². The van der Waals surface area contributed by atoms with Gasteiger partial charge in [0.25, 0.3) is 0 Å². The van der Waals surface area contributed by atoms with Crippen molar-refractivity contribution >= 4 is 88.1 Å². The molecule has 0 bridgehead atoms. The summed E-state index contributed by atoms with van der Waals surface area (Å²) in [6.07, 6.45) is 11.3. The Morgan fingerprint density at radius 2 is 0.981 bits per heavy atom. The lowest BCUT2D eigenvalue weighted by molar-refractivity contribution is -0.141. The number of benzene rings is 2. The largest absolute Gasteiger partial charge is 0.481 e. The molecule has 2 fully saturated rings. The lowest BCUT2D eigenvalue weighted by atomic mass is 9.81. The van der Waals surface area contributed by atoms with Crippen molar-refractivity contribution in [1.82, 2.24) is 92.0 Å². The summed E-state index contributed by atoms with van der Waals surface area (Å²) in [5.41, 5.74) is 2.53. The van der Waals surface area contributed by atoms with Crippen LogP contribution in [0.4, 0.5) is 4.79 Å². The number of aliphatic carboxylic acids is 6. The second-order valence-electron chi connectivity index (χ2n) is 26.9. The molecule has 1 saturated carbocycles. The first-order valence-electron chi connectivity index (χ1n) is 35.8. The fourth-order valence-corrected chi connectivity index (χ4v) is 12.8. The SMILES string of the molecule is O=C(O)CC[C@H](NC(=O)N[C@@H](CCCCNC(=O)[C@H](CCc1ccc2ccccc2c1)NC(=O)[C@H]1CC[C@H](CNC(=O)[C@H](CCc2c[nH]cn2)NC(=O)[C@H](Cc2cnc[nH]2)NC(=O)[C@H](CCc2c[nH]cn2)NC(=O)CN2CCN(CC(=O)O)CCN(CC(=O)O)CCN(CC(=O)O)CC2)CC1)C(=O)O)C(=O)O. The summed E-state index contributed by atoms with van der Waals surface area (Å²) in [7, 11) is 0. The minimum Gasteiger partial charge on any atom is -0.481 e. The van der Waals surface area contributed by atoms with Crippen LogP contribution in [0, 0.1) is 11.8 Å². The fourth-order valence-electron chi connectivity index (χ4n) is 12.8. The Kier molecular flexibility index (Phi) is 33.9. The van der Waals surface area contributed by atoms with Crippen LogP contribution < -0.4 is 42.5 Å². The Morgan fingerprint density at radius 1 is 0.477 bits per heavy atom. The molecule has 0 spiro atoms. The lowest BCUT2D eigenvalue weighted by Gasteiger charge is -2.33. The van der Waals surface area contributed by atoms with E-state index in [1.807, 2.05) is 42.5 Å². The monoisotopic (exact) mass is 1490 g/mol. The molecule has 2 aliphatic rings. The van der Waals surface area contributed by atoms with Crippen LogP contribution in [-0.4, -0.2) is 285 Å². The average molecular weight is 1500 g/mol. The molecule has 8 amide bonds. The number of carboxylic acids is 6. The Balaban J connectivity index is 0.973. The van der Waals surface area contributed by atoms with E-state index >= 15 is 0 Å². The summed E-state index contributed by atoms with van der Waals surface area (Å²) in [6, 6.07) is 4.80. The molecule has 1 aliphatic heterocycles. The number of carboxylic acid groups (broad SMARTS) is 6. The summed E-state index contributed by atoms with van der Waals surface area (Å²) in [5.74, 6) is -11.6. The van der Waals surface area contributed by atoms with E-state index < -0.39 is 126 Å². The highest BCUT2D eigenvalue weighted by Gasteiger charge is 2.35. The molecule has 1 saturated heterocycles. The van der Waals surface area contributed by atoms with Crippen molar-refractivity contribution in [3.05, 3.63) is 103 Å². The summed E-state index contributed by atoms with van der Waals surface area (Å²) in [4.78, 5) is 197. The maximum Gasteiger partial charge on any atom is 0.326 e. The van der Waals surface area contributed by atoms with Crippen LogP contribution in [0.15, 0.2) is 80.0 Å². The fraction of sp³-hybridized carbons (Fsp3) is 0.543. The van der Waals surface area contributed by atoms with E-state index in [1.165, 1.54) is 25.2 Å². The number of unbranched alkanes of at least 4 members (excludes halogenated alkanes) is 1. The molecule has 1 aliphatic carbocycles. The van der Waals surface area contributed by atoms with E-state index in [2.05, 4.69) is 72.4 Å². The Bertz CT molecular complexity index is 3710. The highest BCUT2D eigenvalue weighted by atomic mass is 16.4. The highest BCUT2D eigenvalue weighted by Crippen LogP contribution is 2.29. The van der Waals surface area contributed by atoms with Crippen molar-refractivity contribution in [1.29, 1.82) is 0 Å². The van der Waals surface area contributed by atoms with Crippen molar-refractivity contribution in [2.24, 2.45) is 11.8 Å². The Morgan fingerprint density at radius 3 is 1.50 bits per heavy atom. The quantitative estimate of drug-likeness (QED) is 0.0212. The number of carbonyl (C=O) groups is 13.